The van der Waals surface area contributed by atoms with Crippen LogP contribution in [-0.4, -0.2) is 18.0 Å². The van der Waals surface area contributed by atoms with Gasteiger partial charge in [0, 0.05) is 13.1 Å². The Morgan fingerprint density at radius 2 is 1.39 bits per heavy atom. The van der Waals surface area contributed by atoms with Crippen LogP contribution in [0.25, 0.3) is 0 Å². The minimum absolute atomic E-state index is 1.19. The van der Waals surface area contributed by atoms with Gasteiger partial charge in [0.1, 0.15) is 0 Å². The molecule has 0 N–H and O–H groups in total. The lowest BCUT2D eigenvalue weighted by atomic mass is 10.1. The van der Waals surface area contributed by atoms with Gasteiger partial charge in [0.2, 0.25) is 0 Å². The molecule has 0 aromatic rings. The van der Waals surface area contributed by atoms with Crippen LogP contribution in [0.2, 0.25) is 0 Å². The summed E-state index contributed by atoms with van der Waals surface area (Å²) in [6.07, 6.45) is 21.7. The average molecular weight is 249 g/mol. The topological polar surface area (TPSA) is 3.24 Å². The number of hydrogen-bond acceptors (Lipinski definition) is 1. The van der Waals surface area contributed by atoms with Crippen LogP contribution in [0.15, 0.2) is 24.9 Å². The number of nitrogens with zero attached hydrogens (tertiary/aromatic N) is 1. The molecule has 0 amide bonds. The molecule has 0 bridgehead atoms. The van der Waals surface area contributed by atoms with E-state index in [0.717, 1.165) is 0 Å². The van der Waals surface area contributed by atoms with Crippen molar-refractivity contribution >= 4 is 0 Å². The minimum atomic E-state index is 1.19. The Kier molecular flexibility index (Phi) is 9.69. The second-order valence-corrected chi connectivity index (χ2v) is 5.47. The second-order valence-electron chi connectivity index (χ2n) is 5.47. The maximum atomic E-state index is 3.76. The van der Waals surface area contributed by atoms with Crippen molar-refractivity contribution in [3.63, 3.8) is 0 Å². The highest BCUT2D eigenvalue weighted by molar-refractivity contribution is 4.83. The molecule has 0 aliphatic carbocycles. The number of hydrogen-bond donors (Lipinski definition) is 0. The summed E-state index contributed by atoms with van der Waals surface area (Å²) in [5.74, 6) is 0. The molecule has 0 spiro atoms. The summed E-state index contributed by atoms with van der Waals surface area (Å²) in [6.45, 7) is 6.31. The Hall–Kier alpha value is -0.720. The Morgan fingerprint density at radius 3 is 2.06 bits per heavy atom. The molecule has 1 saturated heterocycles. The quantitative estimate of drug-likeness (QED) is 0.396. The summed E-state index contributed by atoms with van der Waals surface area (Å²) in [4.78, 5) is 2.51. The standard InChI is InChI=1S/C17H31N/c1-2-3-4-5-6-7-8-9-12-15-18-16-13-10-11-14-17-18/h2,12,15H,1,3-11,13-14,16-17H2/b15-12+. The van der Waals surface area contributed by atoms with Gasteiger partial charge in [-0.25, -0.2) is 0 Å². The molecule has 0 atom stereocenters. The van der Waals surface area contributed by atoms with Crippen LogP contribution in [0.5, 0.6) is 0 Å². The van der Waals surface area contributed by atoms with Crippen LogP contribution in [0.4, 0.5) is 0 Å². The molecular weight excluding hydrogens is 218 g/mol. The van der Waals surface area contributed by atoms with Gasteiger partial charge >= 0.3 is 0 Å². The minimum Gasteiger partial charge on any atom is -0.378 e. The van der Waals surface area contributed by atoms with Crippen molar-refractivity contribution < 1.29 is 0 Å². The molecule has 1 rings (SSSR count). The van der Waals surface area contributed by atoms with Gasteiger partial charge in [-0.15, -0.1) is 6.58 Å². The summed E-state index contributed by atoms with van der Waals surface area (Å²) in [5, 5.41) is 0. The van der Waals surface area contributed by atoms with E-state index in [2.05, 4.69) is 23.8 Å². The first-order valence-electron chi connectivity index (χ1n) is 7.95. The molecule has 18 heavy (non-hydrogen) atoms. The van der Waals surface area contributed by atoms with Gasteiger partial charge in [-0.2, -0.15) is 0 Å². The lowest BCUT2D eigenvalue weighted by Gasteiger charge is -2.16. The molecule has 1 heteroatoms. The number of rotatable bonds is 9. The van der Waals surface area contributed by atoms with E-state index in [9.17, 15) is 0 Å². The average Bonchev–Trinajstić information content (AvgIpc) is 2.65. The van der Waals surface area contributed by atoms with E-state index in [1.54, 1.807) is 0 Å². The van der Waals surface area contributed by atoms with Crippen LogP contribution in [0.1, 0.15) is 70.6 Å². The first kappa shape index (κ1) is 15.3. The fraction of sp³-hybridized carbons (Fsp3) is 0.765. The van der Waals surface area contributed by atoms with Crippen LogP contribution in [0.3, 0.4) is 0 Å². The number of allylic oxidation sites excluding steroid dienone is 2. The van der Waals surface area contributed by atoms with Gasteiger partial charge in [-0.1, -0.05) is 44.3 Å². The molecule has 0 radical (unpaired) electrons. The first-order valence-corrected chi connectivity index (χ1v) is 7.95. The van der Waals surface area contributed by atoms with Crippen molar-refractivity contribution in [1.82, 2.24) is 4.90 Å². The normalized spacial score (nSPS) is 17.0. The van der Waals surface area contributed by atoms with Crippen molar-refractivity contribution in [3.05, 3.63) is 24.9 Å². The van der Waals surface area contributed by atoms with Gasteiger partial charge in [-0.3, -0.25) is 0 Å². The molecule has 1 aliphatic rings. The van der Waals surface area contributed by atoms with E-state index in [1.807, 2.05) is 6.08 Å². The van der Waals surface area contributed by atoms with E-state index in [1.165, 1.54) is 83.7 Å². The fourth-order valence-electron chi connectivity index (χ4n) is 2.55. The molecule has 0 aromatic heterocycles. The van der Waals surface area contributed by atoms with Crippen molar-refractivity contribution in [3.8, 4) is 0 Å². The zero-order valence-corrected chi connectivity index (χ0v) is 12.1. The van der Waals surface area contributed by atoms with Crippen molar-refractivity contribution in [2.24, 2.45) is 0 Å². The molecular formula is C17H31N. The lowest BCUT2D eigenvalue weighted by molar-refractivity contribution is 0.390. The van der Waals surface area contributed by atoms with Crippen LogP contribution < -0.4 is 0 Å². The Morgan fingerprint density at radius 1 is 0.778 bits per heavy atom. The third kappa shape index (κ3) is 8.38. The van der Waals surface area contributed by atoms with E-state index < -0.39 is 0 Å². The highest BCUT2D eigenvalue weighted by Gasteiger charge is 2.03. The van der Waals surface area contributed by atoms with E-state index in [4.69, 9.17) is 0 Å². The third-order valence-corrected chi connectivity index (χ3v) is 3.74. The summed E-state index contributed by atoms with van der Waals surface area (Å²) >= 11 is 0. The Labute approximate surface area is 114 Å². The van der Waals surface area contributed by atoms with Crippen molar-refractivity contribution in [2.75, 3.05) is 13.1 Å². The summed E-state index contributed by atoms with van der Waals surface area (Å²) in [6, 6.07) is 0. The SMILES string of the molecule is C=CCCCCCCC/C=C/N1CCCCCC1. The monoisotopic (exact) mass is 249 g/mol. The predicted molar refractivity (Wildman–Crippen MR) is 81.7 cm³/mol. The molecule has 0 unspecified atom stereocenters. The number of likely N-dealkylation sites (tertiary alicyclic amines) is 1. The predicted octanol–water partition coefficient (Wildman–Crippen LogP) is 5.29. The van der Waals surface area contributed by atoms with Crippen LogP contribution in [-0.2, 0) is 0 Å². The largest absolute Gasteiger partial charge is 0.378 e. The van der Waals surface area contributed by atoms with E-state index in [-0.39, 0.29) is 0 Å². The van der Waals surface area contributed by atoms with Crippen molar-refractivity contribution in [2.45, 2.75) is 70.6 Å². The molecule has 0 aromatic carbocycles. The first-order chi connectivity index (χ1) is 8.93. The smallest absolute Gasteiger partial charge is 0.0172 e. The Bertz CT molecular complexity index is 212. The summed E-state index contributed by atoms with van der Waals surface area (Å²) in [5.41, 5.74) is 0. The highest BCUT2D eigenvalue weighted by atomic mass is 15.1. The van der Waals surface area contributed by atoms with Gasteiger partial charge in [0.05, 0.1) is 0 Å². The van der Waals surface area contributed by atoms with E-state index in [0.29, 0.717) is 0 Å². The third-order valence-electron chi connectivity index (χ3n) is 3.74. The molecule has 1 fully saturated rings. The molecule has 1 aliphatic heterocycles. The van der Waals surface area contributed by atoms with Gasteiger partial charge in [0.25, 0.3) is 0 Å². The second kappa shape index (κ2) is 11.4. The van der Waals surface area contributed by atoms with E-state index >= 15 is 0 Å². The molecule has 104 valence electrons. The maximum absolute atomic E-state index is 3.76. The van der Waals surface area contributed by atoms with Crippen molar-refractivity contribution in [1.29, 1.82) is 0 Å². The molecule has 0 saturated carbocycles. The molecule has 1 nitrogen and oxygen atoms in total. The zero-order chi connectivity index (χ0) is 12.9. The van der Waals surface area contributed by atoms with Gasteiger partial charge in [0.15, 0.2) is 0 Å². The fourth-order valence-corrected chi connectivity index (χ4v) is 2.55. The summed E-state index contributed by atoms with van der Waals surface area (Å²) < 4.78 is 0. The van der Waals surface area contributed by atoms with Crippen LogP contribution >= 0.6 is 0 Å². The molecule has 1 heterocycles. The lowest BCUT2D eigenvalue weighted by Crippen LogP contribution is -2.17. The number of unbranched alkanes of at least 4 members (excludes halogenated alkanes) is 6. The van der Waals surface area contributed by atoms with Gasteiger partial charge in [-0.05, 0) is 44.7 Å². The zero-order valence-electron chi connectivity index (χ0n) is 12.1. The van der Waals surface area contributed by atoms with Crippen LogP contribution in [0, 0.1) is 0 Å². The Balaban J connectivity index is 1.91. The van der Waals surface area contributed by atoms with Gasteiger partial charge < -0.3 is 4.90 Å². The highest BCUT2D eigenvalue weighted by Crippen LogP contribution is 2.11. The summed E-state index contributed by atoms with van der Waals surface area (Å²) in [7, 11) is 0. The maximum Gasteiger partial charge on any atom is 0.0172 e.